The Bertz CT molecular complexity index is 336. The lowest BCUT2D eigenvalue weighted by Crippen LogP contribution is -2.02. The fourth-order valence-electron chi connectivity index (χ4n) is 1.53. The predicted molar refractivity (Wildman–Crippen MR) is 49.3 cm³/mol. The SMILES string of the molecule is CC1(C)CC1Cn1cn[nH]c1=S. The van der Waals surface area contributed by atoms with Crippen LogP contribution in [0.4, 0.5) is 0 Å². The van der Waals surface area contributed by atoms with Gasteiger partial charge in [-0.15, -0.1) is 0 Å². The molecule has 1 aromatic heterocycles. The summed E-state index contributed by atoms with van der Waals surface area (Å²) in [7, 11) is 0. The zero-order valence-electron chi connectivity index (χ0n) is 7.37. The maximum atomic E-state index is 5.05. The number of aromatic nitrogens is 3. The molecule has 0 spiro atoms. The van der Waals surface area contributed by atoms with Gasteiger partial charge in [0.25, 0.3) is 0 Å². The number of nitrogens with one attached hydrogen (secondary N) is 1. The second-order valence-corrected chi connectivity index (χ2v) is 4.59. The molecule has 12 heavy (non-hydrogen) atoms. The molecule has 0 aromatic carbocycles. The van der Waals surface area contributed by atoms with Crippen LogP contribution in [0.1, 0.15) is 20.3 Å². The van der Waals surface area contributed by atoms with Crippen molar-refractivity contribution in [2.75, 3.05) is 0 Å². The van der Waals surface area contributed by atoms with Crippen LogP contribution in [0.15, 0.2) is 6.33 Å². The molecule has 1 aromatic rings. The minimum absolute atomic E-state index is 0.520. The normalized spacial score (nSPS) is 25.7. The van der Waals surface area contributed by atoms with Gasteiger partial charge in [0.1, 0.15) is 6.33 Å². The van der Waals surface area contributed by atoms with Crippen molar-refractivity contribution in [3.63, 3.8) is 0 Å². The maximum Gasteiger partial charge on any atom is 0.194 e. The lowest BCUT2D eigenvalue weighted by molar-refractivity contribution is 0.495. The van der Waals surface area contributed by atoms with Crippen LogP contribution in [0.5, 0.6) is 0 Å². The second-order valence-electron chi connectivity index (χ2n) is 4.20. The van der Waals surface area contributed by atoms with Gasteiger partial charge in [-0.25, -0.2) is 0 Å². The summed E-state index contributed by atoms with van der Waals surface area (Å²) in [5.41, 5.74) is 0.520. The van der Waals surface area contributed by atoms with Crippen molar-refractivity contribution in [2.45, 2.75) is 26.8 Å². The van der Waals surface area contributed by atoms with Crippen LogP contribution >= 0.6 is 12.2 Å². The molecular weight excluding hydrogens is 170 g/mol. The molecule has 0 aliphatic heterocycles. The summed E-state index contributed by atoms with van der Waals surface area (Å²) in [6.45, 7) is 5.60. The van der Waals surface area contributed by atoms with Gasteiger partial charge in [0.05, 0.1) is 0 Å². The Balaban J connectivity index is 2.07. The molecule has 1 heterocycles. The number of rotatable bonds is 2. The topological polar surface area (TPSA) is 33.6 Å². The first kappa shape index (κ1) is 7.98. The van der Waals surface area contributed by atoms with Crippen molar-refractivity contribution >= 4 is 12.2 Å². The van der Waals surface area contributed by atoms with E-state index in [-0.39, 0.29) is 0 Å². The molecule has 0 saturated heterocycles. The largest absolute Gasteiger partial charge is 0.306 e. The summed E-state index contributed by atoms with van der Waals surface area (Å²) >= 11 is 5.05. The van der Waals surface area contributed by atoms with Crippen molar-refractivity contribution in [1.82, 2.24) is 14.8 Å². The fraction of sp³-hybridized carbons (Fsp3) is 0.750. The number of H-pyrrole nitrogens is 1. The van der Waals surface area contributed by atoms with Gasteiger partial charge in [-0.2, -0.15) is 5.10 Å². The van der Waals surface area contributed by atoms with Crippen molar-refractivity contribution < 1.29 is 0 Å². The van der Waals surface area contributed by atoms with Crippen LogP contribution in [0.2, 0.25) is 0 Å². The third-order valence-electron chi connectivity index (χ3n) is 2.75. The summed E-state index contributed by atoms with van der Waals surface area (Å²) in [6.07, 6.45) is 3.08. The van der Waals surface area contributed by atoms with Gasteiger partial charge in [0.2, 0.25) is 0 Å². The van der Waals surface area contributed by atoms with E-state index < -0.39 is 0 Å². The average molecular weight is 183 g/mol. The molecule has 1 atom stereocenters. The standard InChI is InChI=1S/C8H13N3S/c1-8(2)3-6(8)4-11-5-9-10-7(11)12/h5-6H,3-4H2,1-2H3,(H,10,12). The fourth-order valence-corrected chi connectivity index (χ4v) is 1.70. The average Bonchev–Trinajstić information content (AvgIpc) is 2.39. The molecule has 1 aliphatic rings. The van der Waals surface area contributed by atoms with E-state index in [4.69, 9.17) is 12.2 Å². The van der Waals surface area contributed by atoms with Crippen molar-refractivity contribution in [3.05, 3.63) is 11.1 Å². The summed E-state index contributed by atoms with van der Waals surface area (Å²) in [4.78, 5) is 0. The van der Waals surface area contributed by atoms with Crippen molar-refractivity contribution in [3.8, 4) is 0 Å². The van der Waals surface area contributed by atoms with Crippen LogP contribution in [0, 0.1) is 16.1 Å². The van der Waals surface area contributed by atoms with Crippen LogP contribution in [-0.4, -0.2) is 14.8 Å². The smallest absolute Gasteiger partial charge is 0.194 e. The molecule has 1 saturated carbocycles. The first-order chi connectivity index (χ1) is 5.59. The quantitative estimate of drug-likeness (QED) is 0.711. The van der Waals surface area contributed by atoms with E-state index in [2.05, 4.69) is 24.0 Å². The minimum Gasteiger partial charge on any atom is -0.306 e. The van der Waals surface area contributed by atoms with Gasteiger partial charge in [0, 0.05) is 6.54 Å². The van der Waals surface area contributed by atoms with Crippen LogP contribution in [-0.2, 0) is 6.54 Å². The lowest BCUT2D eigenvalue weighted by atomic mass is 10.1. The van der Waals surface area contributed by atoms with E-state index in [0.717, 1.165) is 17.2 Å². The van der Waals surface area contributed by atoms with Gasteiger partial charge in [0.15, 0.2) is 4.77 Å². The Kier molecular flexibility index (Phi) is 1.61. The van der Waals surface area contributed by atoms with E-state index in [0.29, 0.717) is 5.41 Å². The molecule has 1 N–H and O–H groups in total. The minimum atomic E-state index is 0.520. The molecule has 3 nitrogen and oxygen atoms in total. The van der Waals surface area contributed by atoms with Crippen LogP contribution < -0.4 is 0 Å². The van der Waals surface area contributed by atoms with Gasteiger partial charge in [-0.05, 0) is 30.0 Å². The molecule has 66 valence electrons. The monoisotopic (exact) mass is 183 g/mol. The van der Waals surface area contributed by atoms with E-state index in [1.165, 1.54) is 6.42 Å². The number of hydrogen-bond donors (Lipinski definition) is 1. The van der Waals surface area contributed by atoms with Crippen LogP contribution in [0.3, 0.4) is 0 Å². The third kappa shape index (κ3) is 1.31. The molecule has 2 rings (SSSR count). The van der Waals surface area contributed by atoms with Crippen molar-refractivity contribution in [2.24, 2.45) is 11.3 Å². The highest BCUT2D eigenvalue weighted by Crippen LogP contribution is 2.52. The first-order valence-electron chi connectivity index (χ1n) is 4.19. The highest BCUT2D eigenvalue weighted by atomic mass is 32.1. The molecule has 0 amide bonds. The molecule has 1 fully saturated rings. The Hall–Kier alpha value is -0.640. The van der Waals surface area contributed by atoms with Crippen molar-refractivity contribution in [1.29, 1.82) is 0 Å². The molecule has 0 bridgehead atoms. The number of nitrogens with zero attached hydrogens (tertiary/aromatic N) is 2. The lowest BCUT2D eigenvalue weighted by Gasteiger charge is -2.02. The zero-order valence-corrected chi connectivity index (χ0v) is 8.19. The van der Waals surface area contributed by atoms with E-state index in [9.17, 15) is 0 Å². The van der Waals surface area contributed by atoms with Gasteiger partial charge in [-0.3, -0.25) is 5.10 Å². The highest BCUT2D eigenvalue weighted by Gasteiger charge is 2.45. The number of hydrogen-bond acceptors (Lipinski definition) is 2. The zero-order chi connectivity index (χ0) is 8.77. The Morgan fingerprint density at radius 3 is 2.92 bits per heavy atom. The Labute approximate surface area is 76.8 Å². The van der Waals surface area contributed by atoms with Crippen LogP contribution in [0.25, 0.3) is 0 Å². The summed E-state index contributed by atoms with van der Waals surface area (Å²) in [5, 5.41) is 6.64. The first-order valence-corrected chi connectivity index (χ1v) is 4.60. The molecule has 4 heteroatoms. The second kappa shape index (κ2) is 2.42. The predicted octanol–water partition coefficient (Wildman–Crippen LogP) is 1.99. The van der Waals surface area contributed by atoms with E-state index in [1.807, 2.05) is 4.57 Å². The van der Waals surface area contributed by atoms with Gasteiger partial charge in [-0.1, -0.05) is 13.8 Å². The molecular formula is C8H13N3S. The van der Waals surface area contributed by atoms with E-state index in [1.54, 1.807) is 6.33 Å². The Morgan fingerprint density at radius 1 is 1.83 bits per heavy atom. The summed E-state index contributed by atoms with van der Waals surface area (Å²) < 4.78 is 2.74. The highest BCUT2D eigenvalue weighted by molar-refractivity contribution is 7.71. The Morgan fingerprint density at radius 2 is 2.50 bits per heavy atom. The third-order valence-corrected chi connectivity index (χ3v) is 3.08. The molecule has 1 unspecified atom stereocenters. The van der Waals surface area contributed by atoms with E-state index >= 15 is 0 Å². The van der Waals surface area contributed by atoms with Gasteiger partial charge >= 0.3 is 0 Å². The summed E-state index contributed by atoms with van der Waals surface area (Å²) in [5.74, 6) is 0.779. The maximum absolute atomic E-state index is 5.05. The number of aromatic amines is 1. The molecule has 1 aliphatic carbocycles. The van der Waals surface area contributed by atoms with Gasteiger partial charge < -0.3 is 4.57 Å². The molecule has 0 radical (unpaired) electrons. The summed E-state index contributed by atoms with van der Waals surface area (Å²) in [6, 6.07) is 0.